The number of rotatable bonds is 4. The first-order chi connectivity index (χ1) is 15.2. The van der Waals surface area contributed by atoms with Crippen LogP contribution in [-0.4, -0.2) is 85.5 Å². The number of guanidine groups is 1. The number of aliphatic imine (C=N–C) groups is 1. The van der Waals surface area contributed by atoms with E-state index in [-0.39, 0.29) is 30.0 Å². The lowest BCUT2D eigenvalue weighted by atomic mass is 9.92. The third-order valence-electron chi connectivity index (χ3n) is 8.14. The number of hydrogen-bond donors (Lipinski definition) is 1. The van der Waals surface area contributed by atoms with E-state index in [0.717, 1.165) is 82.4 Å². The second-order valence-corrected chi connectivity index (χ2v) is 9.75. The van der Waals surface area contributed by atoms with Crippen molar-refractivity contribution in [3.05, 3.63) is 35.4 Å². The molecule has 0 bridgehead atoms. The zero-order valence-electron chi connectivity index (χ0n) is 19.5. The summed E-state index contributed by atoms with van der Waals surface area (Å²) in [5, 5.41) is 3.68. The Morgan fingerprint density at radius 2 is 1.81 bits per heavy atom. The van der Waals surface area contributed by atoms with E-state index in [1.807, 2.05) is 11.9 Å². The number of nitrogens with zero attached hydrogens (tertiary/aromatic N) is 4. The zero-order chi connectivity index (χ0) is 21.4. The Labute approximate surface area is 209 Å². The van der Waals surface area contributed by atoms with Crippen LogP contribution in [0.15, 0.2) is 29.3 Å². The van der Waals surface area contributed by atoms with E-state index in [1.165, 1.54) is 12.8 Å². The lowest BCUT2D eigenvalue weighted by Crippen LogP contribution is -2.57. The third kappa shape index (κ3) is 4.65. The molecule has 1 N–H and O–H groups in total. The molecule has 1 aromatic rings. The van der Waals surface area contributed by atoms with Crippen molar-refractivity contribution in [2.45, 2.75) is 44.6 Å². The van der Waals surface area contributed by atoms with Crippen molar-refractivity contribution in [1.29, 1.82) is 0 Å². The fraction of sp³-hybridized carbons (Fsp3) is 0.680. The summed E-state index contributed by atoms with van der Waals surface area (Å²) in [6, 6.07) is 9.01. The maximum absolute atomic E-state index is 12.7. The normalized spacial score (nSPS) is 28.4. The van der Waals surface area contributed by atoms with Gasteiger partial charge in [-0.2, -0.15) is 0 Å². The van der Waals surface area contributed by atoms with Crippen LogP contribution in [0.4, 0.5) is 0 Å². The number of hydrogen-bond acceptors (Lipinski definition) is 3. The Morgan fingerprint density at radius 3 is 2.53 bits per heavy atom. The van der Waals surface area contributed by atoms with E-state index in [9.17, 15) is 4.79 Å². The van der Waals surface area contributed by atoms with Crippen LogP contribution in [0.1, 0.15) is 43.2 Å². The van der Waals surface area contributed by atoms with E-state index in [2.05, 4.69) is 51.3 Å². The van der Waals surface area contributed by atoms with Crippen LogP contribution in [0.2, 0.25) is 0 Å². The quantitative estimate of drug-likeness (QED) is 0.356. The molecule has 2 saturated heterocycles. The summed E-state index contributed by atoms with van der Waals surface area (Å²) in [6.45, 7) is 8.67. The summed E-state index contributed by atoms with van der Waals surface area (Å²) >= 11 is 0. The number of halogens is 1. The zero-order valence-corrected chi connectivity index (χ0v) is 21.8. The Morgan fingerprint density at radius 1 is 1.09 bits per heavy atom. The molecule has 2 aliphatic heterocycles. The summed E-state index contributed by atoms with van der Waals surface area (Å²) in [5.41, 5.74) is 3.15. The molecule has 4 unspecified atom stereocenters. The van der Waals surface area contributed by atoms with Crippen molar-refractivity contribution in [2.75, 3.05) is 52.9 Å². The van der Waals surface area contributed by atoms with Gasteiger partial charge >= 0.3 is 0 Å². The number of aryl methyl sites for hydroxylation is 1. The number of nitrogens with one attached hydrogen (secondary N) is 1. The summed E-state index contributed by atoms with van der Waals surface area (Å²) in [5.74, 6) is 3.65. The molecule has 5 rings (SSSR count). The molecule has 1 aromatic carbocycles. The van der Waals surface area contributed by atoms with Gasteiger partial charge in [0.2, 0.25) is 5.91 Å². The average molecular weight is 552 g/mol. The van der Waals surface area contributed by atoms with Crippen molar-refractivity contribution in [3.8, 4) is 0 Å². The maximum Gasteiger partial charge on any atom is 0.239 e. The largest absolute Gasteiger partial charge is 0.356 e. The summed E-state index contributed by atoms with van der Waals surface area (Å²) in [6.07, 6.45) is 4.87. The van der Waals surface area contributed by atoms with E-state index >= 15 is 0 Å². The van der Waals surface area contributed by atoms with Crippen LogP contribution in [0.3, 0.4) is 0 Å². The Bertz CT molecular complexity index is 831. The molecule has 7 heteroatoms. The minimum atomic E-state index is -0.00937. The molecular formula is C25H38IN5O. The van der Waals surface area contributed by atoms with Gasteiger partial charge < -0.3 is 15.1 Å². The van der Waals surface area contributed by atoms with Gasteiger partial charge in [-0.3, -0.25) is 14.7 Å². The molecule has 2 heterocycles. The van der Waals surface area contributed by atoms with E-state index in [1.54, 1.807) is 11.1 Å². The second-order valence-electron chi connectivity index (χ2n) is 9.75. The van der Waals surface area contributed by atoms with Crippen molar-refractivity contribution in [2.24, 2.45) is 16.8 Å². The number of fused-ring (bicyclic) bond motifs is 3. The van der Waals surface area contributed by atoms with Crippen LogP contribution in [0.25, 0.3) is 0 Å². The third-order valence-corrected chi connectivity index (χ3v) is 8.14. The molecule has 176 valence electrons. The lowest BCUT2D eigenvalue weighted by molar-refractivity contribution is -0.135. The number of amides is 1. The van der Waals surface area contributed by atoms with Crippen LogP contribution in [-0.2, 0) is 11.2 Å². The van der Waals surface area contributed by atoms with E-state index < -0.39 is 0 Å². The van der Waals surface area contributed by atoms with Gasteiger partial charge in [0.1, 0.15) is 0 Å². The molecule has 6 nitrogen and oxygen atoms in total. The molecule has 2 aliphatic carbocycles. The Hall–Kier alpha value is -1.35. The van der Waals surface area contributed by atoms with Gasteiger partial charge in [0.05, 0.1) is 6.04 Å². The van der Waals surface area contributed by atoms with E-state index in [0.29, 0.717) is 5.91 Å². The monoisotopic (exact) mass is 551 g/mol. The van der Waals surface area contributed by atoms with Gasteiger partial charge in [-0.25, -0.2) is 0 Å². The Balaban J connectivity index is 0.00000245. The molecule has 3 fully saturated rings. The number of carbonyl (C=O) groups is 1. The standard InChI is InChI=1S/C25H37N5O.HI/c1-18(24(31)29-11-5-6-12-29)28-13-15-30(16-14-28)25(26-2)27-17-22-21-10-9-19-7-3-4-8-20(19)23(21)22;/h3-4,7-8,18,21-23H,5-6,9-17H2,1-2H3,(H,26,27);1H. The molecule has 1 saturated carbocycles. The number of carbonyl (C=O) groups excluding carboxylic acids is 1. The summed E-state index contributed by atoms with van der Waals surface area (Å²) < 4.78 is 0. The fourth-order valence-electron chi connectivity index (χ4n) is 6.21. The smallest absolute Gasteiger partial charge is 0.239 e. The second kappa shape index (κ2) is 10.3. The van der Waals surface area contributed by atoms with Crippen molar-refractivity contribution >= 4 is 35.8 Å². The highest BCUT2D eigenvalue weighted by Gasteiger charge is 2.52. The molecule has 1 amide bonds. The minimum Gasteiger partial charge on any atom is -0.356 e. The predicted octanol–water partition coefficient (Wildman–Crippen LogP) is 2.78. The number of likely N-dealkylation sites (tertiary alicyclic amines) is 1. The van der Waals surface area contributed by atoms with Gasteiger partial charge in [-0.05, 0) is 61.5 Å². The SMILES string of the molecule is CN=C(NCC1C2CCc3ccccc3C21)N1CCN(C(C)C(=O)N2CCCC2)CC1.I. The highest BCUT2D eigenvalue weighted by Crippen LogP contribution is 2.59. The first-order valence-corrected chi connectivity index (χ1v) is 12.2. The van der Waals surface area contributed by atoms with Crippen LogP contribution >= 0.6 is 24.0 Å². The van der Waals surface area contributed by atoms with Crippen molar-refractivity contribution in [1.82, 2.24) is 20.0 Å². The van der Waals surface area contributed by atoms with Gasteiger partial charge in [-0.15, -0.1) is 24.0 Å². The van der Waals surface area contributed by atoms with Gasteiger partial charge in [-0.1, -0.05) is 24.3 Å². The lowest BCUT2D eigenvalue weighted by Gasteiger charge is -2.39. The highest BCUT2D eigenvalue weighted by atomic mass is 127. The van der Waals surface area contributed by atoms with Crippen LogP contribution in [0, 0.1) is 11.8 Å². The predicted molar refractivity (Wildman–Crippen MR) is 140 cm³/mol. The molecular weight excluding hydrogens is 513 g/mol. The minimum absolute atomic E-state index is 0. The molecule has 0 aromatic heterocycles. The van der Waals surface area contributed by atoms with Crippen LogP contribution < -0.4 is 5.32 Å². The van der Waals surface area contributed by atoms with E-state index in [4.69, 9.17) is 0 Å². The van der Waals surface area contributed by atoms with Gasteiger partial charge in [0.25, 0.3) is 0 Å². The van der Waals surface area contributed by atoms with Crippen LogP contribution in [0.5, 0.6) is 0 Å². The molecule has 4 aliphatic rings. The van der Waals surface area contributed by atoms with Gasteiger partial charge in [0, 0.05) is 52.9 Å². The number of benzene rings is 1. The van der Waals surface area contributed by atoms with Crippen molar-refractivity contribution in [3.63, 3.8) is 0 Å². The molecule has 0 spiro atoms. The first-order valence-electron chi connectivity index (χ1n) is 12.2. The van der Waals surface area contributed by atoms with Gasteiger partial charge in [0.15, 0.2) is 5.96 Å². The highest BCUT2D eigenvalue weighted by molar-refractivity contribution is 14.0. The average Bonchev–Trinajstić information content (AvgIpc) is 3.25. The van der Waals surface area contributed by atoms with Crippen molar-refractivity contribution < 1.29 is 4.79 Å². The fourth-order valence-corrected chi connectivity index (χ4v) is 6.21. The molecule has 32 heavy (non-hydrogen) atoms. The molecule has 4 atom stereocenters. The topological polar surface area (TPSA) is 51.2 Å². The summed E-state index contributed by atoms with van der Waals surface area (Å²) in [4.78, 5) is 24.1. The summed E-state index contributed by atoms with van der Waals surface area (Å²) in [7, 11) is 1.89. The molecule has 0 radical (unpaired) electrons. The maximum atomic E-state index is 12.7. The first kappa shape index (κ1) is 23.8. The number of piperazine rings is 1. The Kier molecular flexibility index (Phi) is 7.65.